The van der Waals surface area contributed by atoms with Gasteiger partial charge in [0.2, 0.25) is 0 Å². The minimum Gasteiger partial charge on any atom is -0.266 e. The van der Waals surface area contributed by atoms with Crippen molar-refractivity contribution >= 4 is 44.1 Å². The number of hydrogen-bond acceptors (Lipinski definition) is 6. The van der Waals surface area contributed by atoms with Crippen molar-refractivity contribution in [2.75, 3.05) is 0 Å². The Morgan fingerprint density at radius 1 is 1.06 bits per heavy atom. The molecule has 1 heterocycles. The second kappa shape index (κ2) is 8.40. The van der Waals surface area contributed by atoms with Crippen molar-refractivity contribution in [1.29, 1.82) is 0 Å². The number of hydrogen-bond donors (Lipinski definition) is 1. The standard InChI is InChI=1S/C21H15ClN4O5S/c22-17-11-10-15(12-19(17)26(28)29)32(30,31)24-21(27)20-16-8-4-5-9-18(16)25(23-20)13-14-6-2-1-3-7-14/h1-12H,13H2,(H,24,27). The second-order valence-corrected chi connectivity index (χ2v) is 8.90. The Kier molecular flexibility index (Phi) is 5.64. The first kappa shape index (κ1) is 21.5. The number of rotatable bonds is 6. The fourth-order valence-corrected chi connectivity index (χ4v) is 4.36. The topological polar surface area (TPSA) is 124 Å². The molecular weight excluding hydrogens is 456 g/mol. The minimum absolute atomic E-state index is 0.0800. The average Bonchev–Trinajstić information content (AvgIpc) is 3.13. The van der Waals surface area contributed by atoms with Gasteiger partial charge in [-0.15, -0.1) is 0 Å². The monoisotopic (exact) mass is 470 g/mol. The van der Waals surface area contributed by atoms with Crippen LogP contribution in [0.25, 0.3) is 10.9 Å². The highest BCUT2D eigenvalue weighted by molar-refractivity contribution is 7.90. The van der Waals surface area contributed by atoms with Crippen LogP contribution in [0.3, 0.4) is 0 Å². The summed E-state index contributed by atoms with van der Waals surface area (Å²) in [6.07, 6.45) is 0. The molecule has 0 unspecified atom stereocenters. The number of nitrogens with one attached hydrogen (secondary N) is 1. The van der Waals surface area contributed by atoms with Crippen molar-refractivity contribution in [3.8, 4) is 0 Å². The summed E-state index contributed by atoms with van der Waals surface area (Å²) in [5.74, 6) is -0.953. The largest absolute Gasteiger partial charge is 0.289 e. The third-order valence-electron chi connectivity index (χ3n) is 4.70. The van der Waals surface area contributed by atoms with E-state index in [-0.39, 0.29) is 10.7 Å². The highest BCUT2D eigenvalue weighted by Gasteiger charge is 2.26. The van der Waals surface area contributed by atoms with Crippen molar-refractivity contribution in [2.45, 2.75) is 11.4 Å². The molecular formula is C21H15ClN4O5S. The van der Waals surface area contributed by atoms with Crippen LogP contribution in [0.1, 0.15) is 16.1 Å². The van der Waals surface area contributed by atoms with Gasteiger partial charge < -0.3 is 0 Å². The van der Waals surface area contributed by atoms with E-state index in [9.17, 15) is 23.3 Å². The Hall–Kier alpha value is -3.76. The van der Waals surface area contributed by atoms with E-state index in [1.54, 1.807) is 28.9 Å². The van der Waals surface area contributed by atoms with Crippen LogP contribution >= 0.6 is 11.6 Å². The lowest BCUT2D eigenvalue weighted by Crippen LogP contribution is -2.31. The molecule has 0 bridgehead atoms. The molecule has 0 aliphatic carbocycles. The zero-order chi connectivity index (χ0) is 22.9. The number of nitro benzene ring substituents is 1. The lowest BCUT2D eigenvalue weighted by atomic mass is 10.2. The number of carbonyl (C=O) groups excluding carboxylic acids is 1. The van der Waals surface area contributed by atoms with Crippen molar-refractivity contribution in [3.05, 3.63) is 99.2 Å². The Morgan fingerprint density at radius 3 is 2.47 bits per heavy atom. The molecule has 4 aromatic rings. The van der Waals surface area contributed by atoms with Gasteiger partial charge in [0, 0.05) is 11.5 Å². The molecule has 162 valence electrons. The summed E-state index contributed by atoms with van der Waals surface area (Å²) in [6, 6.07) is 19.4. The van der Waals surface area contributed by atoms with Gasteiger partial charge in [-0.2, -0.15) is 5.10 Å². The first-order valence-electron chi connectivity index (χ1n) is 9.27. The number of carbonyl (C=O) groups is 1. The number of amides is 1. The van der Waals surface area contributed by atoms with Crippen LogP contribution in [0.15, 0.2) is 77.7 Å². The molecule has 3 aromatic carbocycles. The van der Waals surface area contributed by atoms with Gasteiger partial charge in [0.15, 0.2) is 5.69 Å². The van der Waals surface area contributed by atoms with Crippen molar-refractivity contribution < 1.29 is 18.1 Å². The third-order valence-corrected chi connectivity index (χ3v) is 6.35. The second-order valence-electron chi connectivity index (χ2n) is 6.81. The van der Waals surface area contributed by atoms with Gasteiger partial charge in [0.25, 0.3) is 21.6 Å². The van der Waals surface area contributed by atoms with Gasteiger partial charge in [-0.05, 0) is 23.8 Å². The highest BCUT2D eigenvalue weighted by Crippen LogP contribution is 2.27. The van der Waals surface area contributed by atoms with Gasteiger partial charge in [-0.3, -0.25) is 19.6 Å². The Balaban J connectivity index is 1.69. The van der Waals surface area contributed by atoms with Crippen LogP contribution < -0.4 is 4.72 Å². The van der Waals surface area contributed by atoms with E-state index in [2.05, 4.69) is 5.10 Å². The van der Waals surface area contributed by atoms with E-state index in [1.165, 1.54) is 0 Å². The number of nitro groups is 1. The summed E-state index contributed by atoms with van der Waals surface area (Å²) < 4.78 is 29.0. The first-order valence-corrected chi connectivity index (χ1v) is 11.1. The van der Waals surface area contributed by atoms with Gasteiger partial charge in [0.1, 0.15) is 5.02 Å². The smallest absolute Gasteiger partial charge is 0.266 e. The molecule has 32 heavy (non-hydrogen) atoms. The zero-order valence-electron chi connectivity index (χ0n) is 16.3. The van der Waals surface area contributed by atoms with E-state index in [0.29, 0.717) is 17.4 Å². The van der Waals surface area contributed by atoms with Crippen LogP contribution in [0.5, 0.6) is 0 Å². The van der Waals surface area contributed by atoms with Crippen molar-refractivity contribution in [1.82, 2.24) is 14.5 Å². The van der Waals surface area contributed by atoms with Gasteiger partial charge in [-0.25, -0.2) is 13.1 Å². The molecule has 0 spiro atoms. The van der Waals surface area contributed by atoms with Crippen molar-refractivity contribution in [3.63, 3.8) is 0 Å². The summed E-state index contributed by atoms with van der Waals surface area (Å²) in [5.41, 5.74) is 0.943. The van der Waals surface area contributed by atoms with Crippen LogP contribution in [-0.4, -0.2) is 29.0 Å². The number of nitrogens with zero attached hydrogens (tertiary/aromatic N) is 3. The van der Waals surface area contributed by atoms with Gasteiger partial charge in [-0.1, -0.05) is 60.1 Å². The number of sulfonamides is 1. The fraction of sp³-hybridized carbons (Fsp3) is 0.0476. The van der Waals surface area contributed by atoms with E-state index in [1.807, 2.05) is 35.1 Å². The molecule has 0 atom stereocenters. The molecule has 1 amide bonds. The quantitative estimate of drug-likeness (QED) is 0.338. The molecule has 9 nitrogen and oxygen atoms in total. The molecule has 11 heteroatoms. The summed E-state index contributed by atoms with van der Waals surface area (Å²) in [4.78, 5) is 22.7. The molecule has 0 radical (unpaired) electrons. The summed E-state index contributed by atoms with van der Waals surface area (Å²) in [7, 11) is -4.41. The molecule has 0 fully saturated rings. The average molecular weight is 471 g/mol. The maximum absolute atomic E-state index is 12.9. The fourth-order valence-electron chi connectivity index (χ4n) is 3.20. The molecule has 0 aliphatic rings. The molecule has 4 rings (SSSR count). The molecule has 0 saturated heterocycles. The van der Waals surface area contributed by atoms with Gasteiger partial charge >= 0.3 is 0 Å². The van der Waals surface area contributed by atoms with Crippen molar-refractivity contribution in [2.24, 2.45) is 0 Å². The first-order chi connectivity index (χ1) is 15.3. The number of fused-ring (bicyclic) bond motifs is 1. The molecule has 1 aromatic heterocycles. The van der Waals surface area contributed by atoms with Crippen LogP contribution in [0, 0.1) is 10.1 Å². The van der Waals surface area contributed by atoms with E-state index in [4.69, 9.17) is 11.6 Å². The number of para-hydroxylation sites is 1. The Bertz CT molecular complexity index is 1450. The maximum Gasteiger partial charge on any atom is 0.289 e. The number of benzene rings is 3. The number of halogens is 1. The zero-order valence-corrected chi connectivity index (χ0v) is 17.9. The predicted molar refractivity (Wildman–Crippen MR) is 118 cm³/mol. The molecule has 0 aliphatic heterocycles. The van der Waals surface area contributed by atoms with E-state index >= 15 is 0 Å². The Labute approximate surface area is 187 Å². The van der Waals surface area contributed by atoms with Crippen LogP contribution in [0.4, 0.5) is 5.69 Å². The summed E-state index contributed by atoms with van der Waals surface area (Å²) in [6.45, 7) is 0.380. The van der Waals surface area contributed by atoms with E-state index < -0.39 is 31.4 Å². The molecule has 0 saturated carbocycles. The normalized spacial score (nSPS) is 11.4. The third kappa shape index (κ3) is 4.18. The summed E-state index contributed by atoms with van der Waals surface area (Å²) in [5, 5.41) is 15.7. The lowest BCUT2D eigenvalue weighted by Gasteiger charge is -2.06. The summed E-state index contributed by atoms with van der Waals surface area (Å²) >= 11 is 5.74. The highest BCUT2D eigenvalue weighted by atomic mass is 35.5. The SMILES string of the molecule is O=C(NS(=O)(=O)c1ccc(Cl)c([N+](=O)[O-])c1)c1nn(Cc2ccccc2)c2ccccc12. The van der Waals surface area contributed by atoms with Gasteiger partial charge in [0.05, 0.1) is 21.9 Å². The van der Waals surface area contributed by atoms with Crippen LogP contribution in [-0.2, 0) is 16.6 Å². The minimum atomic E-state index is -4.41. The maximum atomic E-state index is 12.9. The number of aromatic nitrogens is 2. The lowest BCUT2D eigenvalue weighted by molar-refractivity contribution is -0.384. The predicted octanol–water partition coefficient (Wildman–Crippen LogP) is 3.76. The Morgan fingerprint density at radius 2 is 1.75 bits per heavy atom. The molecule has 1 N–H and O–H groups in total. The van der Waals surface area contributed by atoms with E-state index in [0.717, 1.165) is 23.8 Å². The van der Waals surface area contributed by atoms with Crippen LogP contribution in [0.2, 0.25) is 5.02 Å².